The Hall–Kier alpha value is -2.18. The van der Waals surface area contributed by atoms with E-state index in [4.69, 9.17) is 5.73 Å². The molecule has 132 valence electrons. The van der Waals surface area contributed by atoms with Crippen molar-refractivity contribution in [1.29, 1.82) is 0 Å². The van der Waals surface area contributed by atoms with Gasteiger partial charge in [0.25, 0.3) is 5.91 Å². The Morgan fingerprint density at radius 3 is 2.28 bits per heavy atom. The van der Waals surface area contributed by atoms with E-state index >= 15 is 0 Å². The highest BCUT2D eigenvalue weighted by Gasteiger charge is 2.26. The molecule has 0 aromatic heterocycles. The van der Waals surface area contributed by atoms with E-state index in [2.05, 4.69) is 5.32 Å². The summed E-state index contributed by atoms with van der Waals surface area (Å²) in [6.07, 6.45) is 1.88. The third-order valence-electron chi connectivity index (χ3n) is 4.50. The number of rotatable bonds is 6. The van der Waals surface area contributed by atoms with Crippen molar-refractivity contribution in [2.24, 2.45) is 11.7 Å². The van der Waals surface area contributed by atoms with Crippen LogP contribution in [0.1, 0.15) is 28.8 Å². The number of benzene rings is 2. The van der Waals surface area contributed by atoms with E-state index in [0.717, 1.165) is 18.4 Å². The monoisotopic (exact) mass is 358 g/mol. The highest BCUT2D eigenvalue weighted by atomic mass is 32.2. The lowest BCUT2D eigenvalue weighted by Gasteiger charge is -2.32. The average Bonchev–Trinajstić information content (AvgIpc) is 2.58. The summed E-state index contributed by atoms with van der Waals surface area (Å²) < 4.78 is 24.9. The van der Waals surface area contributed by atoms with Crippen molar-refractivity contribution < 1.29 is 13.2 Å². The van der Waals surface area contributed by atoms with Crippen molar-refractivity contribution in [2.75, 3.05) is 6.54 Å². The van der Waals surface area contributed by atoms with Gasteiger partial charge in [-0.25, -0.2) is 8.42 Å². The minimum absolute atomic E-state index is 0.0542. The third kappa shape index (κ3) is 4.46. The first kappa shape index (κ1) is 17.6. The molecule has 1 saturated carbocycles. The van der Waals surface area contributed by atoms with Crippen LogP contribution in [0, 0.1) is 5.92 Å². The van der Waals surface area contributed by atoms with Gasteiger partial charge in [-0.1, -0.05) is 30.3 Å². The highest BCUT2D eigenvalue weighted by Crippen LogP contribution is 2.24. The summed E-state index contributed by atoms with van der Waals surface area (Å²) in [5.41, 5.74) is 6.93. The van der Waals surface area contributed by atoms with E-state index in [1.54, 1.807) is 24.3 Å². The van der Waals surface area contributed by atoms with E-state index in [-0.39, 0.29) is 22.6 Å². The molecular weight excluding hydrogens is 336 g/mol. The fraction of sp³-hybridized carbons (Fsp3) is 0.316. The first-order valence-corrected chi connectivity index (χ1v) is 10.00. The molecule has 0 atom stereocenters. The van der Waals surface area contributed by atoms with E-state index in [9.17, 15) is 13.2 Å². The summed E-state index contributed by atoms with van der Waals surface area (Å²) in [5.74, 6) is 0.207. The van der Waals surface area contributed by atoms with Crippen molar-refractivity contribution in [2.45, 2.75) is 29.5 Å². The number of carbonyl (C=O) groups excluding carboxylic acids is 1. The molecule has 0 aliphatic heterocycles. The highest BCUT2D eigenvalue weighted by molar-refractivity contribution is 7.90. The summed E-state index contributed by atoms with van der Waals surface area (Å²) in [6, 6.07) is 15.4. The predicted molar refractivity (Wildman–Crippen MR) is 96.8 cm³/mol. The fourth-order valence-corrected chi connectivity index (χ4v) is 4.33. The Bertz CT molecular complexity index is 827. The van der Waals surface area contributed by atoms with Crippen molar-refractivity contribution in [3.8, 4) is 0 Å². The molecule has 25 heavy (non-hydrogen) atoms. The van der Waals surface area contributed by atoms with E-state index in [1.807, 2.05) is 18.2 Å². The Morgan fingerprint density at radius 1 is 1.04 bits per heavy atom. The maximum Gasteiger partial charge on any atom is 0.251 e. The van der Waals surface area contributed by atoms with Crippen molar-refractivity contribution >= 4 is 15.7 Å². The molecule has 1 fully saturated rings. The number of carbonyl (C=O) groups is 1. The van der Waals surface area contributed by atoms with Gasteiger partial charge in [-0.15, -0.1) is 0 Å². The van der Waals surface area contributed by atoms with Crippen LogP contribution in [0.4, 0.5) is 0 Å². The van der Waals surface area contributed by atoms with Gasteiger partial charge < -0.3 is 11.1 Å². The van der Waals surface area contributed by atoms with Gasteiger partial charge in [0.2, 0.25) is 0 Å². The smallest absolute Gasteiger partial charge is 0.251 e. The second kappa shape index (κ2) is 7.37. The number of nitrogens with one attached hydrogen (secondary N) is 1. The largest absolute Gasteiger partial charge is 0.352 e. The van der Waals surface area contributed by atoms with Crippen LogP contribution in [0.15, 0.2) is 59.5 Å². The van der Waals surface area contributed by atoms with Crippen molar-refractivity contribution in [3.63, 3.8) is 0 Å². The maximum absolute atomic E-state index is 12.5. The molecule has 2 aromatic carbocycles. The number of hydrogen-bond acceptors (Lipinski definition) is 4. The summed E-state index contributed by atoms with van der Waals surface area (Å²) in [7, 11) is -3.43. The second-order valence-electron chi connectivity index (χ2n) is 6.58. The van der Waals surface area contributed by atoms with Gasteiger partial charge in [0.15, 0.2) is 9.84 Å². The Kier molecular flexibility index (Phi) is 5.20. The molecule has 1 aliphatic rings. The lowest BCUT2D eigenvalue weighted by Crippen LogP contribution is -2.42. The van der Waals surface area contributed by atoms with Gasteiger partial charge in [-0.3, -0.25) is 4.79 Å². The van der Waals surface area contributed by atoms with Gasteiger partial charge in [0, 0.05) is 18.2 Å². The zero-order valence-electron chi connectivity index (χ0n) is 13.9. The van der Waals surface area contributed by atoms with Crippen molar-refractivity contribution in [1.82, 2.24) is 5.32 Å². The summed E-state index contributed by atoms with van der Waals surface area (Å²) in [5, 5.41) is 2.88. The van der Waals surface area contributed by atoms with E-state index in [0.29, 0.717) is 18.0 Å². The number of hydrogen-bond donors (Lipinski definition) is 2. The molecule has 0 spiro atoms. The Balaban J connectivity index is 1.62. The SMILES string of the molecule is NC1CC(CNC(=O)c2ccc(S(=O)(=O)Cc3ccccc3)cc2)C1. The molecule has 1 amide bonds. The molecule has 1 aliphatic carbocycles. The normalized spacial score (nSPS) is 19.9. The molecule has 0 heterocycles. The van der Waals surface area contributed by atoms with Gasteiger partial charge in [-0.05, 0) is 48.6 Å². The van der Waals surface area contributed by atoms with Crippen LogP contribution >= 0.6 is 0 Å². The molecule has 3 N–H and O–H groups in total. The molecule has 0 radical (unpaired) electrons. The lowest BCUT2D eigenvalue weighted by molar-refractivity contribution is 0.0935. The van der Waals surface area contributed by atoms with Crippen LogP contribution in [0.3, 0.4) is 0 Å². The maximum atomic E-state index is 12.5. The standard InChI is InChI=1S/C19H22N2O3S/c20-17-10-15(11-17)12-21-19(22)16-6-8-18(9-7-16)25(23,24)13-14-4-2-1-3-5-14/h1-9,15,17H,10-13,20H2,(H,21,22). The average molecular weight is 358 g/mol. The summed E-state index contributed by atoms with van der Waals surface area (Å²) in [4.78, 5) is 12.4. The van der Waals surface area contributed by atoms with Crippen LogP contribution in [-0.4, -0.2) is 26.9 Å². The van der Waals surface area contributed by atoms with E-state index in [1.165, 1.54) is 12.1 Å². The Labute approximate surface area is 148 Å². The second-order valence-corrected chi connectivity index (χ2v) is 8.57. The molecule has 2 aromatic rings. The number of sulfone groups is 1. The first-order valence-electron chi connectivity index (χ1n) is 8.34. The van der Waals surface area contributed by atoms with Crippen LogP contribution in [0.25, 0.3) is 0 Å². The van der Waals surface area contributed by atoms with Crippen molar-refractivity contribution in [3.05, 3.63) is 65.7 Å². The zero-order valence-corrected chi connectivity index (χ0v) is 14.7. The third-order valence-corrected chi connectivity index (χ3v) is 6.20. The number of amides is 1. The topological polar surface area (TPSA) is 89.3 Å². The molecule has 3 rings (SSSR count). The lowest BCUT2D eigenvalue weighted by atomic mass is 9.81. The van der Waals surface area contributed by atoms with Crippen LogP contribution < -0.4 is 11.1 Å². The van der Waals surface area contributed by atoms with Gasteiger partial charge >= 0.3 is 0 Å². The number of nitrogens with two attached hydrogens (primary N) is 1. The molecule has 0 saturated heterocycles. The molecule has 6 heteroatoms. The summed E-state index contributed by atoms with van der Waals surface area (Å²) in [6.45, 7) is 0.612. The predicted octanol–water partition coefficient (Wildman–Crippen LogP) is 2.13. The fourth-order valence-electron chi connectivity index (χ4n) is 2.98. The quantitative estimate of drug-likeness (QED) is 0.828. The van der Waals surface area contributed by atoms with Gasteiger partial charge in [-0.2, -0.15) is 0 Å². The first-order chi connectivity index (χ1) is 11.9. The molecule has 0 bridgehead atoms. The van der Waals surface area contributed by atoms with Gasteiger partial charge in [0.05, 0.1) is 10.6 Å². The van der Waals surface area contributed by atoms with Gasteiger partial charge in [0.1, 0.15) is 0 Å². The minimum atomic E-state index is -3.43. The summed E-state index contributed by atoms with van der Waals surface area (Å²) >= 11 is 0. The van der Waals surface area contributed by atoms with Crippen LogP contribution in [0.5, 0.6) is 0 Å². The minimum Gasteiger partial charge on any atom is -0.352 e. The molecule has 0 unspecified atom stereocenters. The zero-order chi connectivity index (χ0) is 17.9. The van der Waals surface area contributed by atoms with E-state index < -0.39 is 9.84 Å². The molecule has 5 nitrogen and oxygen atoms in total. The van der Waals surface area contributed by atoms with Crippen LogP contribution in [0.2, 0.25) is 0 Å². The molecular formula is C19H22N2O3S. The van der Waals surface area contributed by atoms with Crippen LogP contribution in [-0.2, 0) is 15.6 Å². The Morgan fingerprint density at radius 2 is 1.68 bits per heavy atom.